The number of nitrogens with zero attached hydrogens (tertiary/aromatic N) is 3. The average Bonchev–Trinajstić information content (AvgIpc) is 3.06. The largest absolute Gasteiger partial charge is 0.483 e. The second-order valence-corrected chi connectivity index (χ2v) is 7.33. The third-order valence-corrected chi connectivity index (χ3v) is 5.29. The van der Waals surface area contributed by atoms with Gasteiger partial charge in [0.15, 0.2) is 17.1 Å². The van der Waals surface area contributed by atoms with Gasteiger partial charge in [-0.25, -0.2) is 8.78 Å². The van der Waals surface area contributed by atoms with Crippen LogP contribution in [0.1, 0.15) is 24.4 Å². The number of aromatic nitrogens is 3. The Labute approximate surface area is 171 Å². The third kappa shape index (κ3) is 4.91. The minimum atomic E-state index is -0.401. The molecule has 0 aliphatic heterocycles. The van der Waals surface area contributed by atoms with Crippen LogP contribution in [-0.2, 0) is 12.3 Å². The van der Waals surface area contributed by atoms with Gasteiger partial charge in [-0.3, -0.25) is 4.57 Å². The van der Waals surface area contributed by atoms with Gasteiger partial charge in [-0.1, -0.05) is 35.5 Å². The van der Waals surface area contributed by atoms with Gasteiger partial charge in [0.1, 0.15) is 17.4 Å². The summed E-state index contributed by atoms with van der Waals surface area (Å²) in [7, 11) is 0. The van der Waals surface area contributed by atoms with Crippen molar-refractivity contribution in [2.24, 2.45) is 0 Å². The SMILES string of the molecule is C=CCn1c(SCc2ccc(F)cc2Cl)nnc1C(C)Oc1ccc(F)cc1. The van der Waals surface area contributed by atoms with E-state index in [-0.39, 0.29) is 11.6 Å². The Bertz CT molecular complexity index is 963. The lowest BCUT2D eigenvalue weighted by molar-refractivity contribution is 0.210. The lowest BCUT2D eigenvalue weighted by Crippen LogP contribution is -2.12. The van der Waals surface area contributed by atoms with Crippen LogP contribution in [0, 0.1) is 11.6 Å². The molecule has 28 heavy (non-hydrogen) atoms. The summed E-state index contributed by atoms with van der Waals surface area (Å²) in [5.41, 5.74) is 0.804. The molecule has 3 rings (SSSR count). The van der Waals surface area contributed by atoms with E-state index in [9.17, 15) is 8.78 Å². The number of allylic oxidation sites excluding steroid dienone is 1. The first kappa shape index (κ1) is 20.4. The molecule has 2 aromatic carbocycles. The summed E-state index contributed by atoms with van der Waals surface area (Å²) in [5.74, 6) is 0.976. The van der Waals surface area contributed by atoms with E-state index in [1.165, 1.54) is 36.0 Å². The fourth-order valence-electron chi connectivity index (χ4n) is 2.56. The molecule has 8 heteroatoms. The van der Waals surface area contributed by atoms with Crippen LogP contribution < -0.4 is 4.74 Å². The number of benzene rings is 2. The molecule has 0 spiro atoms. The molecule has 0 fully saturated rings. The summed E-state index contributed by atoms with van der Waals surface area (Å²) in [5, 5.41) is 9.54. The third-order valence-electron chi connectivity index (χ3n) is 3.92. The normalized spacial score (nSPS) is 12.0. The van der Waals surface area contributed by atoms with Crippen LogP contribution in [-0.4, -0.2) is 14.8 Å². The molecular weight excluding hydrogens is 404 g/mol. The molecule has 0 saturated heterocycles. The highest BCUT2D eigenvalue weighted by Gasteiger charge is 2.19. The smallest absolute Gasteiger partial charge is 0.191 e. The van der Waals surface area contributed by atoms with Crippen LogP contribution in [0.3, 0.4) is 0 Å². The van der Waals surface area contributed by atoms with Gasteiger partial charge >= 0.3 is 0 Å². The molecule has 0 aliphatic carbocycles. The Morgan fingerprint density at radius 3 is 2.57 bits per heavy atom. The van der Waals surface area contributed by atoms with E-state index in [2.05, 4.69) is 16.8 Å². The molecule has 1 atom stereocenters. The molecule has 0 aliphatic rings. The van der Waals surface area contributed by atoms with Gasteiger partial charge in [0.05, 0.1) is 0 Å². The second-order valence-electron chi connectivity index (χ2n) is 5.98. The number of ether oxygens (including phenoxy) is 1. The van der Waals surface area contributed by atoms with Crippen molar-refractivity contribution >= 4 is 23.4 Å². The molecule has 146 valence electrons. The van der Waals surface area contributed by atoms with Crippen molar-refractivity contribution in [1.82, 2.24) is 14.8 Å². The zero-order chi connectivity index (χ0) is 20.1. The van der Waals surface area contributed by atoms with E-state index in [1.807, 2.05) is 11.5 Å². The van der Waals surface area contributed by atoms with Crippen LogP contribution in [0.15, 0.2) is 60.3 Å². The van der Waals surface area contributed by atoms with Crippen LogP contribution in [0.5, 0.6) is 5.75 Å². The fraction of sp³-hybridized carbons (Fsp3) is 0.200. The van der Waals surface area contributed by atoms with Crippen LogP contribution in [0.4, 0.5) is 8.78 Å². The van der Waals surface area contributed by atoms with Gasteiger partial charge in [0.25, 0.3) is 0 Å². The average molecular weight is 422 g/mol. The summed E-state index contributed by atoms with van der Waals surface area (Å²) >= 11 is 7.53. The molecule has 1 heterocycles. The number of halogens is 3. The van der Waals surface area contributed by atoms with E-state index < -0.39 is 6.10 Å². The van der Waals surface area contributed by atoms with Crippen LogP contribution in [0.2, 0.25) is 5.02 Å². The number of rotatable bonds is 8. The molecule has 0 amide bonds. The predicted octanol–water partition coefficient (Wildman–Crippen LogP) is 5.83. The van der Waals surface area contributed by atoms with Gasteiger partial charge in [-0.05, 0) is 48.9 Å². The summed E-state index contributed by atoms with van der Waals surface area (Å²) < 4.78 is 34.0. The number of thioether (sulfide) groups is 1. The maximum atomic E-state index is 13.2. The minimum Gasteiger partial charge on any atom is -0.483 e. The van der Waals surface area contributed by atoms with E-state index in [1.54, 1.807) is 24.3 Å². The molecule has 4 nitrogen and oxygen atoms in total. The molecule has 0 saturated carbocycles. The summed E-state index contributed by atoms with van der Waals surface area (Å²) in [6, 6.07) is 10.1. The standard InChI is InChI=1S/C20H18ClF2N3OS/c1-3-10-26-19(13(2)27-17-8-6-15(22)7-9-17)24-25-20(26)28-12-14-4-5-16(23)11-18(14)21/h3-9,11,13H,1,10,12H2,2H3. The number of hydrogen-bond acceptors (Lipinski definition) is 4. The summed E-state index contributed by atoms with van der Waals surface area (Å²) in [6.45, 7) is 6.13. The minimum absolute atomic E-state index is 0.326. The van der Waals surface area contributed by atoms with E-state index >= 15 is 0 Å². The Hall–Kier alpha value is -2.38. The van der Waals surface area contributed by atoms with Crippen molar-refractivity contribution in [2.75, 3.05) is 0 Å². The Morgan fingerprint density at radius 1 is 1.18 bits per heavy atom. The first-order valence-electron chi connectivity index (χ1n) is 8.51. The first-order valence-corrected chi connectivity index (χ1v) is 9.87. The van der Waals surface area contributed by atoms with Crippen molar-refractivity contribution in [3.63, 3.8) is 0 Å². The molecule has 0 radical (unpaired) electrons. The molecule has 1 unspecified atom stereocenters. The topological polar surface area (TPSA) is 39.9 Å². The second kappa shape index (κ2) is 9.21. The molecule has 0 bridgehead atoms. The van der Waals surface area contributed by atoms with Crippen molar-refractivity contribution in [3.05, 3.63) is 83.2 Å². The van der Waals surface area contributed by atoms with Crippen LogP contribution >= 0.6 is 23.4 Å². The summed E-state index contributed by atoms with van der Waals surface area (Å²) in [6.07, 6.45) is 1.34. The quantitative estimate of drug-likeness (QED) is 0.339. The zero-order valence-corrected chi connectivity index (χ0v) is 16.7. The van der Waals surface area contributed by atoms with Gasteiger partial charge in [0.2, 0.25) is 0 Å². The van der Waals surface area contributed by atoms with Gasteiger partial charge in [0, 0.05) is 17.3 Å². The van der Waals surface area contributed by atoms with Crippen molar-refractivity contribution in [1.29, 1.82) is 0 Å². The predicted molar refractivity (Wildman–Crippen MR) is 107 cm³/mol. The van der Waals surface area contributed by atoms with E-state index in [4.69, 9.17) is 16.3 Å². The number of hydrogen-bond donors (Lipinski definition) is 0. The maximum Gasteiger partial charge on any atom is 0.191 e. The fourth-order valence-corrected chi connectivity index (χ4v) is 3.83. The Morgan fingerprint density at radius 2 is 1.89 bits per heavy atom. The lowest BCUT2D eigenvalue weighted by atomic mass is 10.2. The van der Waals surface area contributed by atoms with Gasteiger partial charge in [-0.15, -0.1) is 16.8 Å². The van der Waals surface area contributed by atoms with Crippen molar-refractivity contribution < 1.29 is 13.5 Å². The van der Waals surface area contributed by atoms with E-state index in [0.29, 0.717) is 34.1 Å². The van der Waals surface area contributed by atoms with Crippen molar-refractivity contribution in [2.45, 2.75) is 30.5 Å². The molecule has 3 aromatic rings. The molecular formula is C20H18ClF2N3OS. The molecule has 1 aromatic heterocycles. The maximum absolute atomic E-state index is 13.2. The molecule has 0 N–H and O–H groups in total. The van der Waals surface area contributed by atoms with Crippen molar-refractivity contribution in [3.8, 4) is 5.75 Å². The lowest BCUT2D eigenvalue weighted by Gasteiger charge is -2.15. The van der Waals surface area contributed by atoms with Crippen LogP contribution in [0.25, 0.3) is 0 Å². The summed E-state index contributed by atoms with van der Waals surface area (Å²) in [4.78, 5) is 0. The zero-order valence-electron chi connectivity index (χ0n) is 15.1. The Balaban J connectivity index is 1.76. The van der Waals surface area contributed by atoms with Gasteiger partial charge in [-0.2, -0.15) is 0 Å². The Kier molecular flexibility index (Phi) is 6.70. The van der Waals surface area contributed by atoms with E-state index in [0.717, 1.165) is 5.56 Å². The highest BCUT2D eigenvalue weighted by atomic mass is 35.5. The first-order chi connectivity index (χ1) is 13.5. The van der Waals surface area contributed by atoms with Gasteiger partial charge < -0.3 is 4.74 Å². The highest BCUT2D eigenvalue weighted by Crippen LogP contribution is 2.29. The highest BCUT2D eigenvalue weighted by molar-refractivity contribution is 7.98. The monoisotopic (exact) mass is 421 g/mol.